The van der Waals surface area contributed by atoms with Gasteiger partial charge in [0.2, 0.25) is 5.91 Å². The number of piperidine rings is 1. The van der Waals surface area contributed by atoms with E-state index in [9.17, 15) is 18.0 Å². The number of hydrogen-bond donors (Lipinski definition) is 0. The largest absolute Gasteiger partial charge is 0.411 e. The zero-order valence-electron chi connectivity index (χ0n) is 10.7. The molecule has 1 fully saturated rings. The number of halogens is 4. The lowest BCUT2D eigenvalue weighted by Gasteiger charge is -2.32. The van der Waals surface area contributed by atoms with E-state index in [1.54, 1.807) is 4.90 Å². The monoisotopic (exact) mass is 345 g/mol. The second-order valence-electron chi connectivity index (χ2n) is 4.74. The third-order valence-electron chi connectivity index (χ3n) is 3.12. The molecule has 112 valence electrons. The lowest BCUT2D eigenvalue weighted by atomic mass is 9.95. The summed E-state index contributed by atoms with van der Waals surface area (Å²) in [7, 11) is 0. The Morgan fingerprint density at radius 1 is 1.42 bits per heavy atom. The molecule has 1 atom stereocenters. The Morgan fingerprint density at radius 2 is 2.16 bits per heavy atom. The molecule has 0 saturated carbocycles. The van der Waals surface area contributed by atoms with Crippen LogP contribution in [0.2, 0.25) is 0 Å². The molecule has 0 radical (unpaired) electrons. The number of hydrogen-bond acceptors (Lipinski definition) is 2. The fourth-order valence-corrected chi connectivity index (χ4v) is 2.83. The second-order valence-corrected chi connectivity index (χ2v) is 5.54. The smallest absolute Gasteiger partial charge is 0.372 e. The highest BCUT2D eigenvalue weighted by Gasteiger charge is 2.28. The Hall–Kier alpha value is -0.300. The molecule has 0 aromatic rings. The van der Waals surface area contributed by atoms with E-state index >= 15 is 0 Å². The number of rotatable bonds is 6. The first-order valence-electron chi connectivity index (χ1n) is 6.40. The van der Waals surface area contributed by atoms with E-state index in [4.69, 9.17) is 0 Å². The maximum Gasteiger partial charge on any atom is 0.411 e. The highest BCUT2D eigenvalue weighted by atomic mass is 79.9. The fourth-order valence-electron chi connectivity index (χ4n) is 2.19. The van der Waals surface area contributed by atoms with E-state index in [-0.39, 0.29) is 18.9 Å². The molecule has 3 nitrogen and oxygen atoms in total. The van der Waals surface area contributed by atoms with Crippen molar-refractivity contribution in [2.45, 2.75) is 31.9 Å². The van der Waals surface area contributed by atoms with Crippen molar-refractivity contribution in [1.29, 1.82) is 0 Å². The molecular formula is C12H19BrF3NO2. The molecule has 1 rings (SSSR count). The van der Waals surface area contributed by atoms with Crippen molar-refractivity contribution in [1.82, 2.24) is 4.90 Å². The van der Waals surface area contributed by atoms with Crippen LogP contribution in [0.3, 0.4) is 0 Å². The van der Waals surface area contributed by atoms with Crippen molar-refractivity contribution in [3.05, 3.63) is 0 Å². The molecule has 1 saturated heterocycles. The van der Waals surface area contributed by atoms with Gasteiger partial charge in [-0.15, -0.1) is 0 Å². The van der Waals surface area contributed by atoms with Gasteiger partial charge in [-0.05, 0) is 25.2 Å². The Balaban J connectivity index is 2.21. The molecule has 0 spiro atoms. The molecule has 1 aliphatic heterocycles. The summed E-state index contributed by atoms with van der Waals surface area (Å²) in [6.07, 6.45) is -1.20. The van der Waals surface area contributed by atoms with Crippen molar-refractivity contribution in [3.8, 4) is 0 Å². The first-order chi connectivity index (χ1) is 8.92. The molecule has 0 aliphatic carbocycles. The van der Waals surface area contributed by atoms with E-state index < -0.39 is 12.8 Å². The summed E-state index contributed by atoms with van der Waals surface area (Å²) in [5, 5.41) is 0.911. The van der Waals surface area contributed by atoms with Gasteiger partial charge in [-0.25, -0.2) is 0 Å². The molecule has 1 aliphatic rings. The van der Waals surface area contributed by atoms with Crippen LogP contribution in [0.4, 0.5) is 13.2 Å². The van der Waals surface area contributed by atoms with Crippen LogP contribution in [0.1, 0.15) is 25.7 Å². The first kappa shape index (κ1) is 16.8. The van der Waals surface area contributed by atoms with Crippen molar-refractivity contribution in [2.24, 2.45) is 5.92 Å². The third-order valence-corrected chi connectivity index (χ3v) is 3.57. The predicted octanol–water partition coefficient (Wildman–Crippen LogP) is 2.98. The van der Waals surface area contributed by atoms with Gasteiger partial charge in [0, 0.05) is 18.4 Å². The summed E-state index contributed by atoms with van der Waals surface area (Å²) < 4.78 is 40.0. The van der Waals surface area contributed by atoms with Crippen molar-refractivity contribution >= 4 is 21.8 Å². The molecule has 0 N–H and O–H groups in total. The van der Waals surface area contributed by atoms with Crippen LogP contribution >= 0.6 is 15.9 Å². The van der Waals surface area contributed by atoms with E-state index in [1.807, 2.05) is 0 Å². The fraction of sp³-hybridized carbons (Fsp3) is 0.917. The molecule has 0 aromatic heterocycles. The third kappa shape index (κ3) is 7.15. The first-order valence-corrected chi connectivity index (χ1v) is 7.53. The SMILES string of the molecule is O=C(CCOCC(F)(F)F)N1CCCC(CCBr)C1. The van der Waals surface area contributed by atoms with Crippen LogP contribution < -0.4 is 0 Å². The lowest BCUT2D eigenvalue weighted by molar-refractivity contribution is -0.175. The van der Waals surface area contributed by atoms with Crippen molar-refractivity contribution in [2.75, 3.05) is 31.6 Å². The predicted molar refractivity (Wildman–Crippen MR) is 69.2 cm³/mol. The minimum absolute atomic E-state index is 0.0249. The highest BCUT2D eigenvalue weighted by Crippen LogP contribution is 2.21. The van der Waals surface area contributed by atoms with E-state index in [0.29, 0.717) is 19.0 Å². The van der Waals surface area contributed by atoms with Crippen LogP contribution in [-0.4, -0.2) is 48.6 Å². The number of carbonyl (C=O) groups excluding carboxylic acids is 1. The molecule has 0 aromatic carbocycles. The van der Waals surface area contributed by atoms with Gasteiger partial charge in [0.05, 0.1) is 13.0 Å². The molecule has 1 unspecified atom stereocenters. The average molecular weight is 346 g/mol. The summed E-state index contributed by atoms with van der Waals surface area (Å²) >= 11 is 3.38. The van der Waals surface area contributed by atoms with Crippen LogP contribution in [0.15, 0.2) is 0 Å². The van der Waals surface area contributed by atoms with Crippen molar-refractivity contribution < 1.29 is 22.7 Å². The number of amides is 1. The van der Waals surface area contributed by atoms with Gasteiger partial charge in [0.25, 0.3) is 0 Å². The normalized spacial score (nSPS) is 20.6. The number of carbonyl (C=O) groups is 1. The maximum atomic E-state index is 11.8. The average Bonchev–Trinajstić information content (AvgIpc) is 2.34. The van der Waals surface area contributed by atoms with E-state index in [0.717, 1.165) is 24.6 Å². The van der Waals surface area contributed by atoms with Gasteiger partial charge >= 0.3 is 6.18 Å². The van der Waals surface area contributed by atoms with Crippen LogP contribution in [-0.2, 0) is 9.53 Å². The molecule has 1 heterocycles. The standard InChI is InChI=1S/C12H19BrF3NO2/c13-5-3-10-2-1-6-17(8-10)11(18)4-7-19-9-12(14,15)16/h10H,1-9H2. The van der Waals surface area contributed by atoms with Gasteiger partial charge in [-0.2, -0.15) is 13.2 Å². The quantitative estimate of drug-likeness (QED) is 0.547. The zero-order valence-corrected chi connectivity index (χ0v) is 12.3. The van der Waals surface area contributed by atoms with E-state index in [2.05, 4.69) is 20.7 Å². The van der Waals surface area contributed by atoms with E-state index in [1.165, 1.54) is 0 Å². The lowest BCUT2D eigenvalue weighted by Crippen LogP contribution is -2.40. The Labute approximate surface area is 119 Å². The highest BCUT2D eigenvalue weighted by molar-refractivity contribution is 9.09. The number of likely N-dealkylation sites (tertiary alicyclic amines) is 1. The van der Waals surface area contributed by atoms with Gasteiger partial charge in [0.1, 0.15) is 6.61 Å². The second kappa shape index (κ2) is 8.09. The zero-order chi connectivity index (χ0) is 14.3. The van der Waals surface area contributed by atoms with Gasteiger partial charge in [0.15, 0.2) is 0 Å². The molecule has 0 bridgehead atoms. The Kier molecular flexibility index (Phi) is 7.13. The van der Waals surface area contributed by atoms with Crippen molar-refractivity contribution in [3.63, 3.8) is 0 Å². The molecule has 1 amide bonds. The van der Waals surface area contributed by atoms with Gasteiger partial charge in [-0.1, -0.05) is 15.9 Å². The minimum Gasteiger partial charge on any atom is -0.372 e. The van der Waals surface area contributed by atoms with Crippen LogP contribution in [0, 0.1) is 5.92 Å². The Morgan fingerprint density at radius 3 is 2.79 bits per heavy atom. The van der Waals surface area contributed by atoms with Gasteiger partial charge in [-0.3, -0.25) is 4.79 Å². The van der Waals surface area contributed by atoms with Crippen LogP contribution in [0.25, 0.3) is 0 Å². The Bertz CT molecular complexity index is 285. The summed E-state index contributed by atoms with van der Waals surface area (Å²) in [6.45, 7) is -0.0367. The summed E-state index contributed by atoms with van der Waals surface area (Å²) in [5.74, 6) is 0.384. The summed E-state index contributed by atoms with van der Waals surface area (Å²) in [4.78, 5) is 13.6. The number of alkyl halides is 4. The number of nitrogens with zero attached hydrogens (tertiary/aromatic N) is 1. The van der Waals surface area contributed by atoms with Crippen LogP contribution in [0.5, 0.6) is 0 Å². The van der Waals surface area contributed by atoms with Gasteiger partial charge < -0.3 is 9.64 Å². The molecule has 7 heteroatoms. The molecule has 19 heavy (non-hydrogen) atoms. The maximum absolute atomic E-state index is 11.8. The summed E-state index contributed by atoms with van der Waals surface area (Å²) in [5.41, 5.74) is 0. The molecular weight excluding hydrogens is 327 g/mol. The minimum atomic E-state index is -4.32. The topological polar surface area (TPSA) is 29.5 Å². The summed E-state index contributed by atoms with van der Waals surface area (Å²) in [6, 6.07) is 0. The number of ether oxygens (including phenoxy) is 1.